The van der Waals surface area contributed by atoms with Gasteiger partial charge in [-0.15, -0.1) is 0 Å². The number of pyridine rings is 1. The van der Waals surface area contributed by atoms with E-state index in [-0.39, 0.29) is 21.7 Å². The van der Waals surface area contributed by atoms with Gasteiger partial charge < -0.3 is 5.73 Å². The standard InChI is InChI=1S/C9H8ClN5O2S/c10-7-3-9(14-5-13-7)15-18(16,17)6-1-2-8(11)12-4-6/h1-5H,(H2,11,12)(H,13,14,15). The highest BCUT2D eigenvalue weighted by Gasteiger charge is 2.15. The van der Waals surface area contributed by atoms with Crippen LogP contribution in [0.4, 0.5) is 11.6 Å². The van der Waals surface area contributed by atoms with Crippen molar-refractivity contribution in [2.45, 2.75) is 4.90 Å². The molecule has 0 aliphatic rings. The zero-order valence-corrected chi connectivity index (χ0v) is 10.5. The van der Waals surface area contributed by atoms with Crippen molar-refractivity contribution in [3.8, 4) is 0 Å². The van der Waals surface area contributed by atoms with Crippen LogP contribution in [0.2, 0.25) is 5.15 Å². The van der Waals surface area contributed by atoms with Crippen molar-refractivity contribution in [1.29, 1.82) is 0 Å². The molecule has 0 aliphatic heterocycles. The Hall–Kier alpha value is -1.93. The van der Waals surface area contributed by atoms with Crippen LogP contribution in [0.5, 0.6) is 0 Å². The van der Waals surface area contributed by atoms with Crippen LogP contribution in [-0.4, -0.2) is 23.4 Å². The highest BCUT2D eigenvalue weighted by molar-refractivity contribution is 7.92. The van der Waals surface area contributed by atoms with Crippen molar-refractivity contribution in [3.05, 3.63) is 35.9 Å². The van der Waals surface area contributed by atoms with E-state index in [4.69, 9.17) is 17.3 Å². The summed E-state index contributed by atoms with van der Waals surface area (Å²) in [6.07, 6.45) is 2.31. The lowest BCUT2D eigenvalue weighted by Crippen LogP contribution is -2.14. The van der Waals surface area contributed by atoms with Crippen molar-refractivity contribution in [1.82, 2.24) is 15.0 Å². The number of nitrogens with one attached hydrogen (secondary N) is 1. The number of aromatic nitrogens is 3. The lowest BCUT2D eigenvalue weighted by atomic mass is 10.5. The molecule has 18 heavy (non-hydrogen) atoms. The summed E-state index contributed by atoms with van der Waals surface area (Å²) in [7, 11) is -3.76. The van der Waals surface area contributed by atoms with Crippen LogP contribution in [0.3, 0.4) is 0 Å². The van der Waals surface area contributed by atoms with Gasteiger partial charge in [0, 0.05) is 12.3 Å². The molecule has 0 aromatic carbocycles. The fraction of sp³-hybridized carbons (Fsp3) is 0. The number of rotatable bonds is 3. The summed E-state index contributed by atoms with van der Waals surface area (Å²) in [5, 5.41) is 0.137. The summed E-state index contributed by atoms with van der Waals surface area (Å²) in [4.78, 5) is 11.1. The predicted molar refractivity (Wildman–Crippen MR) is 66.5 cm³/mol. The fourth-order valence-corrected chi connectivity index (χ4v) is 2.23. The second-order valence-corrected chi connectivity index (χ2v) is 5.32. The van der Waals surface area contributed by atoms with Crippen LogP contribution in [-0.2, 0) is 10.0 Å². The Morgan fingerprint density at radius 1 is 1.22 bits per heavy atom. The summed E-state index contributed by atoms with van der Waals surface area (Å²) >= 11 is 5.63. The minimum Gasteiger partial charge on any atom is -0.384 e. The molecule has 7 nitrogen and oxygen atoms in total. The predicted octanol–water partition coefficient (Wildman–Crippen LogP) is 0.908. The van der Waals surface area contributed by atoms with Crippen LogP contribution >= 0.6 is 11.6 Å². The van der Waals surface area contributed by atoms with Gasteiger partial charge in [0.25, 0.3) is 10.0 Å². The van der Waals surface area contributed by atoms with E-state index in [1.807, 2.05) is 0 Å². The third-order valence-corrected chi connectivity index (χ3v) is 3.49. The lowest BCUT2D eigenvalue weighted by molar-refractivity contribution is 0.600. The molecular weight excluding hydrogens is 278 g/mol. The largest absolute Gasteiger partial charge is 0.384 e. The molecule has 94 valence electrons. The zero-order valence-electron chi connectivity index (χ0n) is 8.91. The van der Waals surface area contributed by atoms with Crippen molar-refractivity contribution < 1.29 is 8.42 Å². The molecule has 0 spiro atoms. The normalized spacial score (nSPS) is 11.2. The number of hydrogen-bond donors (Lipinski definition) is 2. The van der Waals surface area contributed by atoms with Gasteiger partial charge in [0.2, 0.25) is 0 Å². The Kier molecular flexibility index (Phi) is 3.30. The van der Waals surface area contributed by atoms with Gasteiger partial charge >= 0.3 is 0 Å². The summed E-state index contributed by atoms with van der Waals surface area (Å²) in [6.45, 7) is 0. The maximum atomic E-state index is 11.9. The molecule has 0 bridgehead atoms. The van der Waals surface area contributed by atoms with Crippen LogP contribution in [0.25, 0.3) is 0 Å². The first kappa shape index (κ1) is 12.5. The summed E-state index contributed by atoms with van der Waals surface area (Å²) < 4.78 is 26.1. The molecular formula is C9H8ClN5O2S. The van der Waals surface area contributed by atoms with E-state index in [1.165, 1.54) is 18.2 Å². The van der Waals surface area contributed by atoms with E-state index in [9.17, 15) is 8.42 Å². The third-order valence-electron chi connectivity index (χ3n) is 1.94. The van der Waals surface area contributed by atoms with Crippen molar-refractivity contribution in [3.63, 3.8) is 0 Å². The van der Waals surface area contributed by atoms with Gasteiger partial charge in [-0.25, -0.2) is 23.4 Å². The minimum atomic E-state index is -3.76. The molecule has 2 rings (SSSR count). The molecule has 0 saturated carbocycles. The number of anilines is 2. The van der Waals surface area contributed by atoms with Crippen LogP contribution in [0.1, 0.15) is 0 Å². The third kappa shape index (κ3) is 2.84. The van der Waals surface area contributed by atoms with E-state index in [2.05, 4.69) is 19.7 Å². The monoisotopic (exact) mass is 285 g/mol. The second kappa shape index (κ2) is 4.75. The van der Waals surface area contributed by atoms with Gasteiger partial charge in [0.1, 0.15) is 28.0 Å². The molecule has 0 aliphatic carbocycles. The minimum absolute atomic E-state index is 0.0218. The highest BCUT2D eigenvalue weighted by Crippen LogP contribution is 2.15. The van der Waals surface area contributed by atoms with Gasteiger partial charge in [0.15, 0.2) is 0 Å². The molecule has 0 unspecified atom stereocenters. The van der Waals surface area contributed by atoms with Crippen molar-refractivity contribution in [2.75, 3.05) is 10.5 Å². The van der Waals surface area contributed by atoms with Crippen LogP contribution in [0, 0.1) is 0 Å². The maximum Gasteiger partial charge on any atom is 0.264 e. The molecule has 3 N–H and O–H groups in total. The van der Waals surface area contributed by atoms with Gasteiger partial charge in [-0.2, -0.15) is 0 Å². The first-order valence-corrected chi connectivity index (χ1v) is 6.55. The Morgan fingerprint density at radius 2 is 2.00 bits per heavy atom. The van der Waals surface area contributed by atoms with Crippen LogP contribution in [0.15, 0.2) is 35.6 Å². The number of nitrogens with two attached hydrogens (primary N) is 1. The number of nitrogens with zero attached hydrogens (tertiary/aromatic N) is 3. The quantitative estimate of drug-likeness (QED) is 0.811. The fourth-order valence-electron chi connectivity index (χ4n) is 1.14. The summed E-state index contributed by atoms with van der Waals surface area (Å²) in [5.74, 6) is 0.311. The second-order valence-electron chi connectivity index (χ2n) is 3.25. The highest BCUT2D eigenvalue weighted by atomic mass is 35.5. The van der Waals surface area contributed by atoms with E-state index in [1.54, 1.807) is 0 Å². The SMILES string of the molecule is Nc1ccc(S(=O)(=O)Nc2cc(Cl)ncn2)cn1. The van der Waals surface area contributed by atoms with E-state index < -0.39 is 10.0 Å². The van der Waals surface area contributed by atoms with Gasteiger partial charge in [-0.1, -0.05) is 11.6 Å². The maximum absolute atomic E-state index is 11.9. The van der Waals surface area contributed by atoms with Gasteiger partial charge in [-0.3, -0.25) is 4.72 Å². The zero-order chi connectivity index (χ0) is 13.2. The number of sulfonamides is 1. The number of nitrogen functional groups attached to an aromatic ring is 1. The Bertz CT molecular complexity index is 659. The molecule has 0 radical (unpaired) electrons. The summed E-state index contributed by atoms with van der Waals surface area (Å²) in [5.41, 5.74) is 5.38. The molecule has 0 saturated heterocycles. The summed E-state index contributed by atoms with van der Waals surface area (Å²) in [6, 6.07) is 4.03. The molecule has 0 amide bonds. The molecule has 9 heteroatoms. The Balaban J connectivity index is 2.30. The average molecular weight is 286 g/mol. The van der Waals surface area contributed by atoms with E-state index in [0.717, 1.165) is 12.5 Å². The molecule has 0 atom stereocenters. The van der Waals surface area contributed by atoms with E-state index in [0.29, 0.717) is 0 Å². The number of hydrogen-bond acceptors (Lipinski definition) is 6. The lowest BCUT2D eigenvalue weighted by Gasteiger charge is -2.06. The Morgan fingerprint density at radius 3 is 2.61 bits per heavy atom. The van der Waals surface area contributed by atoms with Crippen molar-refractivity contribution >= 4 is 33.3 Å². The smallest absolute Gasteiger partial charge is 0.264 e. The van der Waals surface area contributed by atoms with Gasteiger partial charge in [-0.05, 0) is 12.1 Å². The van der Waals surface area contributed by atoms with Crippen molar-refractivity contribution in [2.24, 2.45) is 0 Å². The average Bonchev–Trinajstić information content (AvgIpc) is 2.29. The first-order valence-electron chi connectivity index (χ1n) is 4.69. The van der Waals surface area contributed by atoms with E-state index >= 15 is 0 Å². The first-order chi connectivity index (χ1) is 8.47. The Labute approximate surface area is 108 Å². The topological polar surface area (TPSA) is 111 Å². The van der Waals surface area contributed by atoms with Gasteiger partial charge in [0.05, 0.1) is 0 Å². The number of halogens is 1. The molecule has 2 aromatic rings. The molecule has 0 fully saturated rings. The molecule has 2 heterocycles. The van der Waals surface area contributed by atoms with Crippen LogP contribution < -0.4 is 10.5 Å². The molecule has 2 aromatic heterocycles.